The molecule has 92 valence electrons. The van der Waals surface area contributed by atoms with Gasteiger partial charge in [-0.05, 0) is 35.0 Å². The van der Waals surface area contributed by atoms with E-state index in [0.717, 1.165) is 16.8 Å². The van der Waals surface area contributed by atoms with E-state index in [1.54, 1.807) is 0 Å². The van der Waals surface area contributed by atoms with Crippen molar-refractivity contribution in [1.29, 1.82) is 0 Å². The summed E-state index contributed by atoms with van der Waals surface area (Å²) in [5.74, 6) is 3.41. The zero-order chi connectivity index (χ0) is 12.8. The summed E-state index contributed by atoms with van der Waals surface area (Å²) in [5, 5.41) is 5.45. The molecule has 0 bridgehead atoms. The Balaban J connectivity index is 1.98. The summed E-state index contributed by atoms with van der Waals surface area (Å²) in [4.78, 5) is 0. The van der Waals surface area contributed by atoms with E-state index in [4.69, 9.17) is 11.2 Å². The maximum atomic E-state index is 5.65. The second-order valence-electron chi connectivity index (χ2n) is 3.88. The first-order valence-corrected chi connectivity index (χ1v) is 6.55. The van der Waals surface area contributed by atoms with E-state index < -0.39 is 0 Å². The van der Waals surface area contributed by atoms with Gasteiger partial charge in [0.25, 0.3) is 0 Å². The molecule has 0 unspecified atom stereocenters. The zero-order valence-corrected chi connectivity index (χ0v) is 11.5. The van der Waals surface area contributed by atoms with Crippen LogP contribution in [-0.4, -0.2) is 19.7 Å². The van der Waals surface area contributed by atoms with Crippen molar-refractivity contribution in [2.24, 2.45) is 0 Å². The molecule has 18 heavy (non-hydrogen) atoms. The van der Waals surface area contributed by atoms with E-state index in [2.05, 4.69) is 45.4 Å². The molecule has 3 heteroatoms. The molecule has 0 aliphatic carbocycles. The van der Waals surface area contributed by atoms with Gasteiger partial charge in [-0.1, -0.05) is 34.0 Å². The number of fused-ring (bicyclic) bond motifs is 1. The highest BCUT2D eigenvalue weighted by Crippen LogP contribution is 2.23. The molecule has 2 aromatic rings. The number of nitrogens with one attached hydrogen (secondary N) is 1. The normalized spacial score (nSPS) is 10.2. The van der Waals surface area contributed by atoms with Crippen LogP contribution in [0, 0.1) is 12.3 Å². The molecule has 0 heterocycles. The minimum atomic E-state index is 0.578. The Hall–Kier alpha value is -1.50. The lowest BCUT2D eigenvalue weighted by Gasteiger charge is -2.07. The molecule has 0 aromatic heterocycles. The lowest BCUT2D eigenvalue weighted by atomic mass is 10.1. The number of ether oxygens (including phenoxy) is 1. The van der Waals surface area contributed by atoms with Gasteiger partial charge in [0.1, 0.15) is 12.4 Å². The molecule has 0 spiro atoms. The highest BCUT2D eigenvalue weighted by atomic mass is 79.9. The van der Waals surface area contributed by atoms with E-state index >= 15 is 0 Å². The SMILES string of the molecule is C#CCNCCOc1ccc2cc(Br)ccc2c1. The Bertz CT molecular complexity index is 574. The van der Waals surface area contributed by atoms with Crippen molar-refractivity contribution in [1.82, 2.24) is 5.32 Å². The Morgan fingerprint density at radius 2 is 1.94 bits per heavy atom. The standard InChI is InChI=1S/C15H14BrNO/c1-2-7-17-8-9-18-15-6-4-12-10-14(16)5-3-13(12)11-15/h1,3-6,10-11,17H,7-9H2. The lowest BCUT2D eigenvalue weighted by molar-refractivity contribution is 0.317. The fourth-order valence-electron chi connectivity index (χ4n) is 1.69. The van der Waals surface area contributed by atoms with Crippen LogP contribution in [0.15, 0.2) is 40.9 Å². The average molecular weight is 304 g/mol. The third-order valence-electron chi connectivity index (χ3n) is 2.55. The van der Waals surface area contributed by atoms with Crippen LogP contribution in [0.5, 0.6) is 5.75 Å². The van der Waals surface area contributed by atoms with Crippen LogP contribution in [0.3, 0.4) is 0 Å². The van der Waals surface area contributed by atoms with Crippen molar-refractivity contribution in [3.8, 4) is 18.1 Å². The number of terminal acetylenes is 1. The van der Waals surface area contributed by atoms with E-state index in [1.165, 1.54) is 10.8 Å². The number of hydrogen-bond acceptors (Lipinski definition) is 2. The van der Waals surface area contributed by atoms with E-state index in [0.29, 0.717) is 13.2 Å². The Morgan fingerprint density at radius 1 is 1.17 bits per heavy atom. The molecule has 2 aromatic carbocycles. The van der Waals surface area contributed by atoms with Gasteiger partial charge in [-0.2, -0.15) is 0 Å². The van der Waals surface area contributed by atoms with E-state index in [9.17, 15) is 0 Å². The second kappa shape index (κ2) is 6.44. The Labute approximate surface area is 115 Å². The number of rotatable bonds is 5. The fraction of sp³-hybridized carbons (Fsp3) is 0.200. The van der Waals surface area contributed by atoms with Gasteiger partial charge < -0.3 is 10.1 Å². The molecule has 1 N–H and O–H groups in total. The first kappa shape index (κ1) is 12.9. The molecule has 2 rings (SSSR count). The molecule has 0 fully saturated rings. The molecular formula is C15H14BrNO. The van der Waals surface area contributed by atoms with Gasteiger partial charge in [-0.3, -0.25) is 0 Å². The van der Waals surface area contributed by atoms with Crippen LogP contribution >= 0.6 is 15.9 Å². The van der Waals surface area contributed by atoms with Crippen molar-refractivity contribution in [2.75, 3.05) is 19.7 Å². The average Bonchev–Trinajstić information content (AvgIpc) is 2.38. The van der Waals surface area contributed by atoms with Gasteiger partial charge in [-0.15, -0.1) is 6.42 Å². The fourth-order valence-corrected chi connectivity index (χ4v) is 2.06. The summed E-state index contributed by atoms with van der Waals surface area (Å²) in [6.45, 7) is 1.95. The Morgan fingerprint density at radius 3 is 2.78 bits per heavy atom. The predicted molar refractivity (Wildman–Crippen MR) is 78.8 cm³/mol. The number of benzene rings is 2. The third kappa shape index (κ3) is 3.49. The number of hydrogen-bond donors (Lipinski definition) is 1. The molecule has 0 radical (unpaired) electrons. The minimum Gasteiger partial charge on any atom is -0.492 e. The maximum Gasteiger partial charge on any atom is 0.120 e. The molecule has 0 aliphatic rings. The van der Waals surface area contributed by atoms with Crippen LogP contribution in [0.1, 0.15) is 0 Å². The quantitative estimate of drug-likeness (QED) is 0.676. The summed E-state index contributed by atoms with van der Waals surface area (Å²) < 4.78 is 6.73. The first-order valence-electron chi connectivity index (χ1n) is 5.76. The van der Waals surface area contributed by atoms with Crippen molar-refractivity contribution in [3.05, 3.63) is 40.9 Å². The van der Waals surface area contributed by atoms with Crippen molar-refractivity contribution < 1.29 is 4.74 Å². The van der Waals surface area contributed by atoms with E-state index in [1.807, 2.05) is 18.2 Å². The monoisotopic (exact) mass is 303 g/mol. The molecule has 0 amide bonds. The van der Waals surface area contributed by atoms with Gasteiger partial charge >= 0.3 is 0 Å². The van der Waals surface area contributed by atoms with Gasteiger partial charge in [0, 0.05) is 11.0 Å². The van der Waals surface area contributed by atoms with Gasteiger partial charge in [0.15, 0.2) is 0 Å². The summed E-state index contributed by atoms with van der Waals surface area (Å²) in [5.41, 5.74) is 0. The Kier molecular flexibility index (Phi) is 4.63. The minimum absolute atomic E-state index is 0.578. The maximum absolute atomic E-state index is 5.65. The highest BCUT2D eigenvalue weighted by Gasteiger charge is 1.98. The molecule has 0 aliphatic heterocycles. The number of halogens is 1. The summed E-state index contributed by atoms with van der Waals surface area (Å²) in [6.07, 6.45) is 5.14. The van der Waals surface area contributed by atoms with Crippen molar-refractivity contribution in [2.45, 2.75) is 0 Å². The topological polar surface area (TPSA) is 21.3 Å². The van der Waals surface area contributed by atoms with Crippen LogP contribution in [0.4, 0.5) is 0 Å². The van der Waals surface area contributed by atoms with Crippen LogP contribution in [0.2, 0.25) is 0 Å². The molecule has 0 saturated heterocycles. The smallest absolute Gasteiger partial charge is 0.120 e. The summed E-state index contributed by atoms with van der Waals surface area (Å²) >= 11 is 3.46. The molecule has 0 atom stereocenters. The first-order chi connectivity index (χ1) is 8.79. The second-order valence-corrected chi connectivity index (χ2v) is 4.80. The van der Waals surface area contributed by atoms with Gasteiger partial charge in [-0.25, -0.2) is 0 Å². The lowest BCUT2D eigenvalue weighted by Crippen LogP contribution is -2.21. The van der Waals surface area contributed by atoms with Crippen LogP contribution < -0.4 is 10.1 Å². The van der Waals surface area contributed by atoms with Crippen LogP contribution in [0.25, 0.3) is 10.8 Å². The van der Waals surface area contributed by atoms with Gasteiger partial charge in [0.2, 0.25) is 0 Å². The third-order valence-corrected chi connectivity index (χ3v) is 3.04. The summed E-state index contributed by atoms with van der Waals surface area (Å²) in [7, 11) is 0. The predicted octanol–water partition coefficient (Wildman–Crippen LogP) is 3.20. The zero-order valence-electron chi connectivity index (χ0n) is 9.95. The van der Waals surface area contributed by atoms with Crippen molar-refractivity contribution >= 4 is 26.7 Å². The summed E-state index contributed by atoms with van der Waals surface area (Å²) in [6, 6.07) is 12.3. The molecular weight excluding hydrogens is 290 g/mol. The van der Waals surface area contributed by atoms with E-state index in [-0.39, 0.29) is 0 Å². The molecule has 0 saturated carbocycles. The molecule has 2 nitrogen and oxygen atoms in total. The van der Waals surface area contributed by atoms with Gasteiger partial charge in [0.05, 0.1) is 6.54 Å². The highest BCUT2D eigenvalue weighted by molar-refractivity contribution is 9.10. The largest absolute Gasteiger partial charge is 0.492 e. The van der Waals surface area contributed by atoms with Crippen molar-refractivity contribution in [3.63, 3.8) is 0 Å². The van der Waals surface area contributed by atoms with Crippen LogP contribution in [-0.2, 0) is 0 Å².